The summed E-state index contributed by atoms with van der Waals surface area (Å²) >= 11 is 1.65. The Labute approximate surface area is 185 Å². The van der Waals surface area contributed by atoms with Crippen molar-refractivity contribution in [3.63, 3.8) is 0 Å². The van der Waals surface area contributed by atoms with Crippen LogP contribution in [0.25, 0.3) is 0 Å². The van der Waals surface area contributed by atoms with Crippen LogP contribution in [-0.4, -0.2) is 41.7 Å². The summed E-state index contributed by atoms with van der Waals surface area (Å²) in [5.74, 6) is 1.62. The highest BCUT2D eigenvalue weighted by Crippen LogP contribution is 2.36. The molecular formula is C24H25N3O3S. The summed E-state index contributed by atoms with van der Waals surface area (Å²) in [4.78, 5) is 16.8. The minimum atomic E-state index is -0.197. The fourth-order valence-corrected chi connectivity index (χ4v) is 5.24. The van der Waals surface area contributed by atoms with Gasteiger partial charge in [0.25, 0.3) is 5.91 Å². The van der Waals surface area contributed by atoms with Gasteiger partial charge in [0.05, 0.1) is 30.5 Å². The lowest BCUT2D eigenvalue weighted by molar-refractivity contribution is -0.134. The van der Waals surface area contributed by atoms with Gasteiger partial charge in [-0.3, -0.25) is 9.69 Å². The second-order valence-electron chi connectivity index (χ2n) is 7.90. The maximum Gasteiger partial charge on any atom is 0.257 e. The van der Waals surface area contributed by atoms with Gasteiger partial charge in [-0.05, 0) is 60.7 Å². The van der Waals surface area contributed by atoms with Crippen LogP contribution >= 0.6 is 11.3 Å². The second-order valence-corrected chi connectivity index (χ2v) is 8.85. The molecule has 1 aromatic carbocycles. The van der Waals surface area contributed by atoms with Gasteiger partial charge in [0, 0.05) is 12.5 Å². The number of nitrogens with zero attached hydrogens (tertiary/aromatic N) is 3. The first-order chi connectivity index (χ1) is 15.2. The van der Waals surface area contributed by atoms with Crippen LogP contribution in [-0.2, 0) is 4.79 Å². The number of amides is 1. The lowest BCUT2D eigenvalue weighted by atomic mass is 10.0. The average Bonchev–Trinajstić information content (AvgIpc) is 3.59. The Morgan fingerprint density at radius 1 is 1.23 bits per heavy atom. The lowest BCUT2D eigenvalue weighted by Crippen LogP contribution is -2.38. The molecule has 2 atom stereocenters. The normalized spacial score (nSPS) is 21.5. The molecule has 2 aromatic heterocycles. The molecule has 2 unspecified atom stereocenters. The van der Waals surface area contributed by atoms with E-state index in [-0.39, 0.29) is 18.0 Å². The van der Waals surface area contributed by atoms with E-state index in [1.807, 2.05) is 35.7 Å². The van der Waals surface area contributed by atoms with E-state index in [0.717, 1.165) is 41.5 Å². The topological polar surface area (TPSA) is 58.3 Å². The zero-order chi connectivity index (χ0) is 21.2. The predicted molar refractivity (Wildman–Crippen MR) is 120 cm³/mol. The van der Waals surface area contributed by atoms with Crippen molar-refractivity contribution in [2.45, 2.75) is 31.3 Å². The minimum Gasteiger partial charge on any atom is -0.497 e. The smallest absolute Gasteiger partial charge is 0.257 e. The summed E-state index contributed by atoms with van der Waals surface area (Å²) in [6, 6.07) is 16.0. The van der Waals surface area contributed by atoms with Gasteiger partial charge in [-0.25, -0.2) is 5.01 Å². The number of rotatable bonds is 6. The van der Waals surface area contributed by atoms with Gasteiger partial charge in [-0.1, -0.05) is 18.2 Å². The van der Waals surface area contributed by atoms with Gasteiger partial charge in [0.1, 0.15) is 17.6 Å². The highest BCUT2D eigenvalue weighted by atomic mass is 32.1. The molecule has 0 N–H and O–H groups in total. The number of ether oxygens (including phenoxy) is 1. The van der Waals surface area contributed by atoms with E-state index >= 15 is 0 Å². The molecule has 2 aliphatic rings. The largest absolute Gasteiger partial charge is 0.497 e. The molecule has 2 aliphatic heterocycles. The van der Waals surface area contributed by atoms with Gasteiger partial charge in [0.2, 0.25) is 0 Å². The molecule has 160 valence electrons. The van der Waals surface area contributed by atoms with Gasteiger partial charge in [-0.2, -0.15) is 5.10 Å². The van der Waals surface area contributed by atoms with Crippen LogP contribution in [0, 0.1) is 0 Å². The molecule has 1 saturated heterocycles. The Balaban J connectivity index is 1.37. The van der Waals surface area contributed by atoms with Crippen LogP contribution < -0.4 is 4.74 Å². The van der Waals surface area contributed by atoms with E-state index < -0.39 is 0 Å². The molecule has 3 aromatic rings. The molecule has 0 spiro atoms. The van der Waals surface area contributed by atoms with Crippen LogP contribution in [0.2, 0.25) is 0 Å². The van der Waals surface area contributed by atoms with Crippen molar-refractivity contribution in [1.29, 1.82) is 0 Å². The van der Waals surface area contributed by atoms with Gasteiger partial charge in [-0.15, -0.1) is 11.3 Å². The maximum atomic E-state index is 13.4. The fourth-order valence-electron chi connectivity index (χ4n) is 4.52. The summed E-state index contributed by atoms with van der Waals surface area (Å²) in [6.45, 7) is 1.23. The maximum absolute atomic E-state index is 13.4. The lowest BCUT2D eigenvalue weighted by Gasteiger charge is -2.27. The Bertz CT molecular complexity index is 1060. The summed E-state index contributed by atoms with van der Waals surface area (Å²) in [5, 5.41) is 8.41. The van der Waals surface area contributed by atoms with E-state index in [4.69, 9.17) is 14.3 Å². The molecule has 6 nitrogen and oxygen atoms in total. The van der Waals surface area contributed by atoms with Crippen molar-refractivity contribution in [3.05, 3.63) is 76.4 Å². The Hall–Kier alpha value is -2.90. The third kappa shape index (κ3) is 4.03. The molecule has 31 heavy (non-hydrogen) atoms. The number of benzene rings is 1. The second kappa shape index (κ2) is 8.69. The summed E-state index contributed by atoms with van der Waals surface area (Å²) < 4.78 is 11.1. The molecule has 1 amide bonds. The standard InChI is InChI=1S/C24H25N3O3S/c1-29-18-7-2-6-17(14-18)20-8-3-11-26(20)16-24(28)27-21(22-9-4-12-30-22)15-19(25-27)23-10-5-13-31-23/h2,4-7,9-10,12-14,20-21H,3,8,11,15-16H2,1H3. The van der Waals surface area contributed by atoms with E-state index in [2.05, 4.69) is 23.1 Å². The number of furan rings is 1. The monoisotopic (exact) mass is 435 g/mol. The number of hydrazone groups is 1. The molecule has 0 radical (unpaired) electrons. The van der Waals surface area contributed by atoms with Gasteiger partial charge in [0.15, 0.2) is 0 Å². The van der Waals surface area contributed by atoms with Crippen LogP contribution in [0.4, 0.5) is 0 Å². The number of likely N-dealkylation sites (tertiary alicyclic amines) is 1. The third-order valence-corrected chi connectivity index (χ3v) is 6.94. The minimum absolute atomic E-state index is 0.00255. The van der Waals surface area contributed by atoms with Crippen LogP contribution in [0.5, 0.6) is 5.75 Å². The molecule has 5 rings (SSSR count). The van der Waals surface area contributed by atoms with E-state index in [1.165, 1.54) is 5.56 Å². The Morgan fingerprint density at radius 2 is 2.16 bits per heavy atom. The van der Waals surface area contributed by atoms with Crippen LogP contribution in [0.15, 0.2) is 69.7 Å². The van der Waals surface area contributed by atoms with Crippen molar-refractivity contribution in [3.8, 4) is 5.75 Å². The quantitative estimate of drug-likeness (QED) is 0.555. The molecule has 1 fully saturated rings. The SMILES string of the molecule is COc1cccc(C2CCCN2CC(=O)N2N=C(c3cccs3)CC2c2ccco2)c1. The van der Waals surface area contributed by atoms with Crippen molar-refractivity contribution < 1.29 is 13.9 Å². The molecular weight excluding hydrogens is 410 g/mol. The van der Waals surface area contributed by atoms with E-state index in [1.54, 1.807) is 29.7 Å². The third-order valence-electron chi connectivity index (χ3n) is 6.02. The highest BCUT2D eigenvalue weighted by Gasteiger charge is 2.37. The number of hydrogen-bond donors (Lipinski definition) is 0. The molecule has 0 saturated carbocycles. The summed E-state index contributed by atoms with van der Waals surface area (Å²) in [7, 11) is 1.68. The highest BCUT2D eigenvalue weighted by molar-refractivity contribution is 7.12. The van der Waals surface area contributed by atoms with Crippen LogP contribution in [0.1, 0.15) is 47.5 Å². The average molecular weight is 436 g/mol. The molecule has 0 bridgehead atoms. The van der Waals surface area contributed by atoms with Crippen molar-refractivity contribution in [1.82, 2.24) is 9.91 Å². The zero-order valence-electron chi connectivity index (χ0n) is 17.4. The molecule has 7 heteroatoms. The van der Waals surface area contributed by atoms with Crippen molar-refractivity contribution >= 4 is 23.0 Å². The predicted octanol–water partition coefficient (Wildman–Crippen LogP) is 4.86. The van der Waals surface area contributed by atoms with Gasteiger partial charge < -0.3 is 9.15 Å². The van der Waals surface area contributed by atoms with Crippen molar-refractivity contribution in [2.75, 3.05) is 20.2 Å². The number of carbonyl (C=O) groups excluding carboxylic acids is 1. The van der Waals surface area contributed by atoms with Gasteiger partial charge >= 0.3 is 0 Å². The Kier molecular flexibility index (Phi) is 5.61. The summed E-state index contributed by atoms with van der Waals surface area (Å²) in [5.41, 5.74) is 2.13. The van der Waals surface area contributed by atoms with E-state index in [9.17, 15) is 4.79 Å². The molecule has 0 aliphatic carbocycles. The van der Waals surface area contributed by atoms with E-state index in [0.29, 0.717) is 13.0 Å². The number of methoxy groups -OCH3 is 1. The zero-order valence-corrected chi connectivity index (χ0v) is 18.3. The Morgan fingerprint density at radius 3 is 2.94 bits per heavy atom. The molecule has 4 heterocycles. The van der Waals surface area contributed by atoms with Crippen LogP contribution in [0.3, 0.4) is 0 Å². The first-order valence-corrected chi connectivity index (χ1v) is 11.5. The first kappa shape index (κ1) is 20.0. The number of thiophene rings is 1. The van der Waals surface area contributed by atoms with Crippen molar-refractivity contribution in [2.24, 2.45) is 5.10 Å². The number of carbonyl (C=O) groups is 1. The first-order valence-electron chi connectivity index (χ1n) is 10.6. The fraction of sp³-hybridized carbons (Fsp3) is 0.333. The summed E-state index contributed by atoms with van der Waals surface area (Å²) in [6.07, 6.45) is 4.42. The number of hydrogen-bond acceptors (Lipinski definition) is 6.